The average Bonchev–Trinajstić information content (AvgIpc) is 2.21. The first-order chi connectivity index (χ1) is 6.38. The Bertz CT molecular complexity index is 168. The maximum absolute atomic E-state index is 5.65. The summed E-state index contributed by atoms with van der Waals surface area (Å²) in [6, 6.07) is 0.360. The van der Waals surface area contributed by atoms with E-state index in [4.69, 9.17) is 17.4 Å². The number of nitrogens with one attached hydrogen (secondary N) is 1. The fourth-order valence-corrected chi connectivity index (χ4v) is 1.99. The standard InChI is InChI=1S/C10H19ClN2/c11-8-4-7-10(13-12)9-5-2-1-3-6-9/h5,10,13H,1-4,6-8,12H2. The molecule has 0 saturated carbocycles. The minimum Gasteiger partial charge on any atom is -0.271 e. The highest BCUT2D eigenvalue weighted by Gasteiger charge is 2.13. The molecule has 0 bridgehead atoms. The van der Waals surface area contributed by atoms with Crippen LogP contribution in [0.4, 0.5) is 0 Å². The van der Waals surface area contributed by atoms with Gasteiger partial charge in [-0.15, -0.1) is 11.6 Å². The summed E-state index contributed by atoms with van der Waals surface area (Å²) < 4.78 is 0. The normalized spacial score (nSPS) is 19.7. The van der Waals surface area contributed by atoms with Crippen molar-refractivity contribution < 1.29 is 0 Å². The van der Waals surface area contributed by atoms with Gasteiger partial charge < -0.3 is 0 Å². The van der Waals surface area contributed by atoms with Crippen molar-refractivity contribution in [2.24, 2.45) is 5.84 Å². The molecular weight excluding hydrogens is 184 g/mol. The molecule has 0 heterocycles. The van der Waals surface area contributed by atoms with Crippen LogP contribution in [0.1, 0.15) is 38.5 Å². The molecule has 0 aromatic rings. The SMILES string of the molecule is NNC(CCCCl)C1=CCCCC1. The number of allylic oxidation sites excluding steroid dienone is 1. The summed E-state index contributed by atoms with van der Waals surface area (Å²) in [5.74, 6) is 6.24. The molecule has 0 aliphatic heterocycles. The lowest BCUT2D eigenvalue weighted by atomic mass is 9.92. The van der Waals surface area contributed by atoms with E-state index in [1.165, 1.54) is 31.3 Å². The summed E-state index contributed by atoms with van der Waals surface area (Å²) in [6.45, 7) is 0. The fourth-order valence-electron chi connectivity index (χ4n) is 1.84. The first-order valence-electron chi connectivity index (χ1n) is 5.09. The first-order valence-corrected chi connectivity index (χ1v) is 5.63. The van der Waals surface area contributed by atoms with E-state index >= 15 is 0 Å². The van der Waals surface area contributed by atoms with Crippen LogP contribution in [-0.4, -0.2) is 11.9 Å². The van der Waals surface area contributed by atoms with E-state index in [0.717, 1.165) is 18.7 Å². The van der Waals surface area contributed by atoms with Crippen LogP contribution in [0.25, 0.3) is 0 Å². The molecule has 76 valence electrons. The molecule has 0 radical (unpaired) electrons. The molecule has 3 heteroatoms. The van der Waals surface area contributed by atoms with Gasteiger partial charge in [0.25, 0.3) is 0 Å². The van der Waals surface area contributed by atoms with Gasteiger partial charge in [0.05, 0.1) is 0 Å². The molecule has 0 aromatic carbocycles. The van der Waals surface area contributed by atoms with Crippen LogP contribution in [-0.2, 0) is 0 Å². The van der Waals surface area contributed by atoms with Crippen molar-refractivity contribution in [3.05, 3.63) is 11.6 Å². The van der Waals surface area contributed by atoms with Crippen LogP contribution in [0, 0.1) is 0 Å². The summed E-state index contributed by atoms with van der Waals surface area (Å²) in [6.07, 6.45) is 9.49. The van der Waals surface area contributed by atoms with E-state index in [1.54, 1.807) is 0 Å². The van der Waals surface area contributed by atoms with Gasteiger partial charge in [0.15, 0.2) is 0 Å². The van der Waals surface area contributed by atoms with Crippen molar-refractivity contribution in [2.45, 2.75) is 44.6 Å². The van der Waals surface area contributed by atoms with Crippen LogP contribution in [0.2, 0.25) is 0 Å². The van der Waals surface area contributed by atoms with E-state index in [0.29, 0.717) is 6.04 Å². The summed E-state index contributed by atoms with van der Waals surface area (Å²) >= 11 is 5.65. The molecule has 0 amide bonds. The minimum atomic E-state index is 0.360. The van der Waals surface area contributed by atoms with Gasteiger partial charge in [-0.1, -0.05) is 11.6 Å². The number of nitrogens with two attached hydrogens (primary N) is 1. The smallest absolute Gasteiger partial charge is 0.0420 e. The lowest BCUT2D eigenvalue weighted by molar-refractivity contribution is 0.512. The van der Waals surface area contributed by atoms with Gasteiger partial charge >= 0.3 is 0 Å². The first kappa shape index (κ1) is 11.0. The highest BCUT2D eigenvalue weighted by molar-refractivity contribution is 6.17. The molecule has 2 nitrogen and oxygen atoms in total. The van der Waals surface area contributed by atoms with Gasteiger partial charge in [-0.2, -0.15) is 0 Å². The van der Waals surface area contributed by atoms with E-state index in [2.05, 4.69) is 11.5 Å². The maximum Gasteiger partial charge on any atom is 0.0420 e. The average molecular weight is 203 g/mol. The zero-order valence-corrected chi connectivity index (χ0v) is 8.82. The molecule has 1 aliphatic rings. The second-order valence-corrected chi connectivity index (χ2v) is 3.95. The minimum absolute atomic E-state index is 0.360. The van der Waals surface area contributed by atoms with Crippen molar-refractivity contribution in [1.29, 1.82) is 0 Å². The van der Waals surface area contributed by atoms with Crippen molar-refractivity contribution in [3.8, 4) is 0 Å². The third-order valence-electron chi connectivity index (χ3n) is 2.60. The molecule has 0 fully saturated rings. The Morgan fingerprint density at radius 3 is 2.92 bits per heavy atom. The molecule has 0 spiro atoms. The zero-order chi connectivity index (χ0) is 9.52. The second kappa shape index (κ2) is 6.41. The number of hydrazine groups is 1. The number of halogens is 1. The number of alkyl halides is 1. The third kappa shape index (κ3) is 3.67. The van der Waals surface area contributed by atoms with Gasteiger partial charge in [-0.25, -0.2) is 0 Å². The number of hydrogen-bond donors (Lipinski definition) is 2. The Labute approximate surface area is 85.5 Å². The number of hydrogen-bond acceptors (Lipinski definition) is 2. The van der Waals surface area contributed by atoms with Crippen molar-refractivity contribution in [3.63, 3.8) is 0 Å². The molecule has 1 unspecified atom stereocenters. The Morgan fingerprint density at radius 1 is 1.54 bits per heavy atom. The Hall–Kier alpha value is -0.0500. The van der Waals surface area contributed by atoms with Crippen LogP contribution in [0.5, 0.6) is 0 Å². The molecule has 0 aromatic heterocycles. The van der Waals surface area contributed by atoms with Crippen LogP contribution in [0.15, 0.2) is 11.6 Å². The fraction of sp³-hybridized carbons (Fsp3) is 0.800. The van der Waals surface area contributed by atoms with E-state index in [-0.39, 0.29) is 0 Å². The zero-order valence-electron chi connectivity index (χ0n) is 8.06. The second-order valence-electron chi connectivity index (χ2n) is 3.58. The van der Waals surface area contributed by atoms with E-state index in [1.807, 2.05) is 0 Å². The predicted octanol–water partition coefficient (Wildman–Crippen LogP) is 2.34. The molecule has 1 rings (SSSR count). The quantitative estimate of drug-likeness (QED) is 0.311. The van der Waals surface area contributed by atoms with Crippen molar-refractivity contribution in [2.75, 3.05) is 5.88 Å². The monoisotopic (exact) mass is 202 g/mol. The van der Waals surface area contributed by atoms with E-state index in [9.17, 15) is 0 Å². The summed E-state index contributed by atoms with van der Waals surface area (Å²) in [5, 5.41) is 0. The molecule has 3 N–H and O–H groups in total. The van der Waals surface area contributed by atoms with Crippen LogP contribution in [0.3, 0.4) is 0 Å². The molecule has 1 atom stereocenters. The number of rotatable bonds is 5. The Kier molecular flexibility index (Phi) is 5.44. The topological polar surface area (TPSA) is 38.0 Å². The van der Waals surface area contributed by atoms with Crippen molar-refractivity contribution in [1.82, 2.24) is 5.43 Å². The lowest BCUT2D eigenvalue weighted by Crippen LogP contribution is -2.37. The highest BCUT2D eigenvalue weighted by Crippen LogP contribution is 2.22. The predicted molar refractivity (Wildman–Crippen MR) is 57.6 cm³/mol. The highest BCUT2D eigenvalue weighted by atomic mass is 35.5. The molecular formula is C10H19ClN2. The van der Waals surface area contributed by atoms with Crippen LogP contribution < -0.4 is 11.3 Å². The Morgan fingerprint density at radius 2 is 2.38 bits per heavy atom. The maximum atomic E-state index is 5.65. The van der Waals surface area contributed by atoms with Gasteiger partial charge in [0, 0.05) is 11.9 Å². The van der Waals surface area contributed by atoms with Gasteiger partial charge in [0.1, 0.15) is 0 Å². The van der Waals surface area contributed by atoms with E-state index < -0.39 is 0 Å². The lowest BCUT2D eigenvalue weighted by Gasteiger charge is -2.22. The Balaban J connectivity index is 2.39. The molecule has 13 heavy (non-hydrogen) atoms. The van der Waals surface area contributed by atoms with Gasteiger partial charge in [0.2, 0.25) is 0 Å². The largest absolute Gasteiger partial charge is 0.271 e. The summed E-state index contributed by atoms with van der Waals surface area (Å²) in [7, 11) is 0. The summed E-state index contributed by atoms with van der Waals surface area (Å²) in [5.41, 5.74) is 4.36. The molecule has 1 aliphatic carbocycles. The third-order valence-corrected chi connectivity index (χ3v) is 2.87. The summed E-state index contributed by atoms with van der Waals surface area (Å²) in [4.78, 5) is 0. The van der Waals surface area contributed by atoms with Gasteiger partial charge in [-0.3, -0.25) is 11.3 Å². The van der Waals surface area contributed by atoms with Crippen LogP contribution >= 0.6 is 11.6 Å². The van der Waals surface area contributed by atoms with Crippen molar-refractivity contribution >= 4 is 11.6 Å². The van der Waals surface area contributed by atoms with Gasteiger partial charge in [-0.05, 0) is 38.5 Å². The molecule has 0 saturated heterocycles.